The summed E-state index contributed by atoms with van der Waals surface area (Å²) in [5.41, 5.74) is 1.11. The zero-order chi connectivity index (χ0) is 12.5. The molecule has 3 rings (SSSR count). The third kappa shape index (κ3) is 1.84. The Labute approximate surface area is 108 Å². The normalized spacial score (nSPS) is 24.8. The van der Waals surface area contributed by atoms with Crippen LogP contribution in [-0.4, -0.2) is 19.0 Å². The van der Waals surface area contributed by atoms with E-state index in [-0.39, 0.29) is 11.2 Å². The first-order valence-electron chi connectivity index (χ1n) is 6.60. The highest BCUT2D eigenvalue weighted by molar-refractivity contribution is 5.35. The van der Waals surface area contributed by atoms with Gasteiger partial charge in [-0.1, -0.05) is 36.3 Å². The zero-order valence-corrected chi connectivity index (χ0v) is 10.5. The van der Waals surface area contributed by atoms with Crippen LogP contribution in [0, 0.1) is 12.3 Å². The van der Waals surface area contributed by atoms with E-state index in [9.17, 15) is 0 Å². The highest BCUT2D eigenvalue weighted by Gasteiger charge is 2.46. The van der Waals surface area contributed by atoms with Crippen LogP contribution in [0.2, 0.25) is 0 Å². The molecule has 0 N–H and O–H groups in total. The van der Waals surface area contributed by atoms with E-state index in [0.29, 0.717) is 13.2 Å². The summed E-state index contributed by atoms with van der Waals surface area (Å²) in [4.78, 5) is 0. The largest absolute Gasteiger partial charge is 0.348 e. The topological polar surface area (TPSA) is 18.5 Å². The minimum atomic E-state index is -0.338. The van der Waals surface area contributed by atoms with Gasteiger partial charge in [-0.3, -0.25) is 0 Å². The molecule has 1 spiro atoms. The van der Waals surface area contributed by atoms with Crippen LogP contribution in [0.15, 0.2) is 30.3 Å². The van der Waals surface area contributed by atoms with E-state index in [1.807, 2.05) is 6.07 Å². The zero-order valence-electron chi connectivity index (χ0n) is 10.5. The summed E-state index contributed by atoms with van der Waals surface area (Å²) >= 11 is 0. The van der Waals surface area contributed by atoms with Gasteiger partial charge in [0.05, 0.1) is 18.6 Å². The molecule has 1 aliphatic heterocycles. The quantitative estimate of drug-likeness (QED) is 0.705. The van der Waals surface area contributed by atoms with Crippen molar-refractivity contribution in [1.29, 1.82) is 0 Å². The molecule has 94 valence electrons. The van der Waals surface area contributed by atoms with Gasteiger partial charge >= 0.3 is 0 Å². The second-order valence-corrected chi connectivity index (χ2v) is 5.20. The van der Waals surface area contributed by atoms with Crippen molar-refractivity contribution in [3.05, 3.63) is 35.9 Å². The van der Waals surface area contributed by atoms with Crippen LogP contribution in [0.1, 0.15) is 31.2 Å². The van der Waals surface area contributed by atoms with Gasteiger partial charge in [-0.25, -0.2) is 0 Å². The molecule has 0 amide bonds. The Kier molecular flexibility index (Phi) is 2.89. The molecule has 2 nitrogen and oxygen atoms in total. The summed E-state index contributed by atoms with van der Waals surface area (Å²) in [7, 11) is 0. The van der Waals surface area contributed by atoms with Gasteiger partial charge in [-0.05, 0) is 18.4 Å². The number of terminal acetylenes is 1. The molecule has 1 heterocycles. The molecule has 1 aliphatic carbocycles. The monoisotopic (exact) mass is 242 g/mol. The van der Waals surface area contributed by atoms with Crippen LogP contribution < -0.4 is 0 Å². The Morgan fingerprint density at radius 3 is 2.11 bits per heavy atom. The number of hydrogen-bond acceptors (Lipinski definition) is 2. The number of ether oxygens (including phenoxy) is 2. The lowest BCUT2D eigenvalue weighted by Crippen LogP contribution is -2.41. The van der Waals surface area contributed by atoms with Gasteiger partial charge in [-0.15, -0.1) is 6.42 Å². The molecule has 0 atom stereocenters. The lowest BCUT2D eigenvalue weighted by molar-refractivity contribution is -0.182. The fourth-order valence-electron chi connectivity index (χ4n) is 3.12. The maximum Gasteiger partial charge on any atom is 0.168 e. The highest BCUT2D eigenvalue weighted by atomic mass is 16.7. The molecular weight excluding hydrogens is 224 g/mol. The molecule has 0 aromatic heterocycles. The van der Waals surface area contributed by atoms with E-state index in [1.165, 1.54) is 5.56 Å². The smallest absolute Gasteiger partial charge is 0.168 e. The molecule has 0 unspecified atom stereocenters. The number of benzene rings is 1. The van der Waals surface area contributed by atoms with E-state index in [1.54, 1.807) is 0 Å². The molecule has 2 fully saturated rings. The van der Waals surface area contributed by atoms with Crippen molar-refractivity contribution in [2.45, 2.75) is 36.9 Å². The maximum absolute atomic E-state index is 5.83. The lowest BCUT2D eigenvalue weighted by atomic mass is 9.68. The minimum absolute atomic E-state index is 0.137. The van der Waals surface area contributed by atoms with E-state index < -0.39 is 0 Å². The summed E-state index contributed by atoms with van der Waals surface area (Å²) in [5.74, 6) is 2.69. The third-order valence-electron chi connectivity index (χ3n) is 4.28. The third-order valence-corrected chi connectivity index (χ3v) is 4.28. The Bertz CT molecular complexity index is 442. The fraction of sp³-hybridized carbons (Fsp3) is 0.500. The van der Waals surface area contributed by atoms with Crippen molar-refractivity contribution in [3.63, 3.8) is 0 Å². The molecule has 2 heteroatoms. The summed E-state index contributed by atoms with van der Waals surface area (Å²) in [6.45, 7) is 1.43. The van der Waals surface area contributed by atoms with Crippen molar-refractivity contribution in [2.75, 3.05) is 13.2 Å². The van der Waals surface area contributed by atoms with Crippen molar-refractivity contribution in [1.82, 2.24) is 0 Å². The fourth-order valence-corrected chi connectivity index (χ4v) is 3.12. The Morgan fingerprint density at radius 2 is 1.56 bits per heavy atom. The number of hydrogen-bond donors (Lipinski definition) is 0. The van der Waals surface area contributed by atoms with Crippen LogP contribution in [0.3, 0.4) is 0 Å². The lowest BCUT2D eigenvalue weighted by Gasteiger charge is -2.41. The van der Waals surface area contributed by atoms with Gasteiger partial charge < -0.3 is 9.47 Å². The standard InChI is InChI=1S/C16H18O2/c1-2-15(14-6-4-3-5-7-14)8-10-16(11-9-15)17-12-13-18-16/h1,3-7H,8-13H2. The second-order valence-electron chi connectivity index (χ2n) is 5.20. The van der Waals surface area contributed by atoms with Gasteiger partial charge in [0.2, 0.25) is 0 Å². The Morgan fingerprint density at radius 1 is 0.944 bits per heavy atom. The number of rotatable bonds is 1. The first kappa shape index (κ1) is 11.8. The minimum Gasteiger partial charge on any atom is -0.348 e. The molecule has 1 saturated heterocycles. The molecule has 2 aliphatic rings. The Hall–Kier alpha value is -1.30. The van der Waals surface area contributed by atoms with Gasteiger partial charge in [0.15, 0.2) is 5.79 Å². The SMILES string of the molecule is C#CC1(c2ccccc2)CCC2(CC1)OCCO2. The van der Waals surface area contributed by atoms with Crippen molar-refractivity contribution >= 4 is 0 Å². The average molecular weight is 242 g/mol. The molecule has 0 radical (unpaired) electrons. The van der Waals surface area contributed by atoms with Gasteiger partial charge in [-0.2, -0.15) is 0 Å². The molecule has 1 saturated carbocycles. The van der Waals surface area contributed by atoms with Crippen molar-refractivity contribution < 1.29 is 9.47 Å². The summed E-state index contributed by atoms with van der Waals surface area (Å²) < 4.78 is 11.5. The van der Waals surface area contributed by atoms with Crippen LogP contribution in [0.25, 0.3) is 0 Å². The van der Waals surface area contributed by atoms with E-state index >= 15 is 0 Å². The molecule has 1 aromatic carbocycles. The summed E-state index contributed by atoms with van der Waals surface area (Å²) in [5, 5.41) is 0. The molecule has 1 aromatic rings. The molecule has 0 bridgehead atoms. The molecular formula is C16H18O2. The van der Waals surface area contributed by atoms with E-state index in [2.05, 4.69) is 30.2 Å². The van der Waals surface area contributed by atoms with Gasteiger partial charge in [0, 0.05) is 12.8 Å². The van der Waals surface area contributed by atoms with E-state index in [0.717, 1.165) is 25.7 Å². The van der Waals surface area contributed by atoms with Crippen molar-refractivity contribution in [2.24, 2.45) is 0 Å². The first-order valence-corrected chi connectivity index (χ1v) is 6.60. The highest BCUT2D eigenvalue weighted by Crippen LogP contribution is 2.45. The predicted octanol–water partition coefficient (Wildman–Crippen LogP) is 2.87. The van der Waals surface area contributed by atoms with E-state index in [4.69, 9.17) is 15.9 Å². The predicted molar refractivity (Wildman–Crippen MR) is 70.1 cm³/mol. The summed E-state index contributed by atoms with van der Waals surface area (Å²) in [6, 6.07) is 10.4. The first-order chi connectivity index (χ1) is 8.79. The Balaban J connectivity index is 1.82. The van der Waals surface area contributed by atoms with Crippen molar-refractivity contribution in [3.8, 4) is 12.3 Å². The van der Waals surface area contributed by atoms with Gasteiger partial charge in [0.25, 0.3) is 0 Å². The van der Waals surface area contributed by atoms with Crippen LogP contribution in [0.5, 0.6) is 0 Å². The maximum atomic E-state index is 5.83. The van der Waals surface area contributed by atoms with Crippen LogP contribution >= 0.6 is 0 Å². The second kappa shape index (κ2) is 4.42. The van der Waals surface area contributed by atoms with Gasteiger partial charge in [0.1, 0.15) is 0 Å². The average Bonchev–Trinajstić information content (AvgIpc) is 2.90. The molecule has 18 heavy (non-hydrogen) atoms. The van der Waals surface area contributed by atoms with Crippen LogP contribution in [-0.2, 0) is 14.9 Å². The summed E-state index contributed by atoms with van der Waals surface area (Å²) in [6.07, 6.45) is 9.49. The van der Waals surface area contributed by atoms with Crippen LogP contribution in [0.4, 0.5) is 0 Å².